The number of carbonyl (C=O) groups is 1. The predicted octanol–water partition coefficient (Wildman–Crippen LogP) is 5.00. The second-order valence-corrected chi connectivity index (χ2v) is 17.5. The molecule has 1 amide bonds. The van der Waals surface area contributed by atoms with Gasteiger partial charge in [0.2, 0.25) is 8.32 Å². The number of hydrogen-bond acceptors (Lipinski definition) is 3. The molecular formula is C26H38N2O3Si. The molecule has 32 heavy (non-hydrogen) atoms. The highest BCUT2D eigenvalue weighted by Crippen LogP contribution is 2.74. The molecule has 0 spiro atoms. The highest BCUT2D eigenvalue weighted by Gasteiger charge is 2.75. The van der Waals surface area contributed by atoms with Crippen molar-refractivity contribution in [2.75, 3.05) is 13.1 Å². The van der Waals surface area contributed by atoms with Gasteiger partial charge in [-0.25, -0.2) is 4.79 Å². The predicted molar refractivity (Wildman–Crippen MR) is 128 cm³/mol. The zero-order valence-corrected chi connectivity index (χ0v) is 21.2. The van der Waals surface area contributed by atoms with Crippen molar-refractivity contribution in [2.45, 2.75) is 88.5 Å². The van der Waals surface area contributed by atoms with Gasteiger partial charge in [0.15, 0.2) is 0 Å². The van der Waals surface area contributed by atoms with Gasteiger partial charge < -0.3 is 19.7 Å². The number of benzene rings is 1. The maximum absolute atomic E-state index is 12.1. The lowest BCUT2D eigenvalue weighted by molar-refractivity contribution is -0.0452. The number of nitrogens with one attached hydrogen (secondary N) is 1. The summed E-state index contributed by atoms with van der Waals surface area (Å²) in [5.74, 6) is 1.99. The Kier molecular flexibility index (Phi) is 4.15. The van der Waals surface area contributed by atoms with Gasteiger partial charge in [-0.15, -0.1) is 0 Å². The smallest absolute Gasteiger partial charge is 0.407 e. The fourth-order valence-electron chi connectivity index (χ4n) is 8.61. The molecule has 4 fully saturated rings. The molecule has 6 rings (SSSR count). The van der Waals surface area contributed by atoms with Crippen LogP contribution in [0, 0.1) is 17.3 Å². The summed E-state index contributed by atoms with van der Waals surface area (Å²) in [6.45, 7) is 13.3. The van der Waals surface area contributed by atoms with Crippen LogP contribution in [0.2, 0.25) is 18.1 Å². The lowest BCUT2D eigenvalue weighted by atomic mass is 9.44. The molecule has 6 atom stereocenters. The van der Waals surface area contributed by atoms with E-state index in [9.17, 15) is 9.90 Å². The molecule has 2 saturated heterocycles. The minimum atomic E-state index is -1.93. The molecule has 2 N–H and O–H groups in total. The van der Waals surface area contributed by atoms with E-state index in [1.807, 2.05) is 0 Å². The van der Waals surface area contributed by atoms with Crippen LogP contribution in [0.25, 0.3) is 0 Å². The average Bonchev–Trinajstić information content (AvgIpc) is 3.14. The van der Waals surface area contributed by atoms with E-state index in [2.05, 4.69) is 57.4 Å². The maximum Gasteiger partial charge on any atom is 0.407 e. The number of piperidine rings is 1. The highest BCUT2D eigenvalue weighted by molar-refractivity contribution is 6.74. The molecule has 3 aliphatic carbocycles. The second-order valence-electron chi connectivity index (χ2n) is 12.8. The van der Waals surface area contributed by atoms with Gasteiger partial charge in [-0.2, -0.15) is 0 Å². The monoisotopic (exact) mass is 454 g/mol. The van der Waals surface area contributed by atoms with E-state index < -0.39 is 14.4 Å². The Balaban J connectivity index is 1.49. The summed E-state index contributed by atoms with van der Waals surface area (Å²) in [5.41, 5.74) is 3.36. The van der Waals surface area contributed by atoms with Crippen molar-refractivity contribution in [1.82, 2.24) is 10.2 Å². The number of carboxylic acid groups (broad SMARTS) is 1. The molecule has 174 valence electrons. The van der Waals surface area contributed by atoms with Gasteiger partial charge in [-0.1, -0.05) is 26.8 Å². The summed E-state index contributed by atoms with van der Waals surface area (Å²) in [6.07, 6.45) is 4.88. The van der Waals surface area contributed by atoms with Crippen molar-refractivity contribution in [1.29, 1.82) is 0 Å². The first kappa shape index (κ1) is 21.0. The zero-order chi connectivity index (χ0) is 22.7. The van der Waals surface area contributed by atoms with Gasteiger partial charge >= 0.3 is 6.09 Å². The van der Waals surface area contributed by atoms with Crippen LogP contribution < -0.4 is 9.74 Å². The van der Waals surface area contributed by atoms with Crippen molar-refractivity contribution in [3.8, 4) is 5.75 Å². The van der Waals surface area contributed by atoms with E-state index in [0.29, 0.717) is 17.9 Å². The number of rotatable bonds is 2. The topological polar surface area (TPSA) is 61.8 Å². The number of nitrogens with zero attached hydrogens (tertiary/aromatic N) is 1. The van der Waals surface area contributed by atoms with Crippen LogP contribution in [0.3, 0.4) is 0 Å². The molecule has 5 nitrogen and oxygen atoms in total. The van der Waals surface area contributed by atoms with Gasteiger partial charge in [-0.3, -0.25) is 0 Å². The number of likely N-dealkylation sites (tertiary alicyclic amines) is 1. The molecule has 1 aromatic carbocycles. The third-order valence-corrected chi connectivity index (χ3v) is 15.1. The van der Waals surface area contributed by atoms with Crippen molar-refractivity contribution < 1.29 is 14.3 Å². The first-order chi connectivity index (χ1) is 15.0. The van der Waals surface area contributed by atoms with Gasteiger partial charge in [0.05, 0.1) is 0 Å². The highest BCUT2D eigenvalue weighted by atomic mass is 28.4. The van der Waals surface area contributed by atoms with Crippen LogP contribution in [0.1, 0.15) is 57.6 Å². The minimum Gasteiger partial charge on any atom is -0.543 e. The summed E-state index contributed by atoms with van der Waals surface area (Å²) in [6, 6.07) is 7.65. The second kappa shape index (κ2) is 6.32. The summed E-state index contributed by atoms with van der Waals surface area (Å²) in [7, 11) is -1.93. The van der Waals surface area contributed by atoms with Crippen LogP contribution >= 0.6 is 0 Å². The zero-order valence-electron chi connectivity index (χ0n) is 20.2. The van der Waals surface area contributed by atoms with Crippen LogP contribution in [-0.2, 0) is 11.8 Å². The number of hydrogen-bond donors (Lipinski definition) is 2. The van der Waals surface area contributed by atoms with Crippen LogP contribution in [0.4, 0.5) is 4.79 Å². The van der Waals surface area contributed by atoms with Crippen LogP contribution in [-0.4, -0.2) is 49.6 Å². The third kappa shape index (κ3) is 2.41. The molecule has 2 saturated carbocycles. The fraction of sp³-hybridized carbons (Fsp3) is 0.731. The Morgan fingerprint density at radius 2 is 2.06 bits per heavy atom. The summed E-state index contributed by atoms with van der Waals surface area (Å²) < 4.78 is 6.78. The number of fused-ring (bicyclic) bond motifs is 1. The molecule has 5 aliphatic rings. The van der Waals surface area contributed by atoms with Crippen LogP contribution in [0.15, 0.2) is 18.2 Å². The minimum absolute atomic E-state index is 0.0983. The first-order valence-corrected chi connectivity index (χ1v) is 15.5. The van der Waals surface area contributed by atoms with Gasteiger partial charge in [0.1, 0.15) is 5.75 Å². The molecule has 6 heteroatoms. The van der Waals surface area contributed by atoms with Crippen molar-refractivity contribution in [3.05, 3.63) is 29.3 Å². The Hall–Kier alpha value is -1.53. The standard InChI is InChI=1S/C26H38N2O3Si/c1-24(2,3)32(4,5)31-18-7-6-16-12-21-25-9-8-20-22(17(14-25)15-28(20)23(29)30)26(25,10-11-27-21)19(16)13-18/h6-7,13,17,20-22,27H,8-12,14-15H2,1-5H3,(H,29,30)/t17-,20-,21-,22-,25-,26+/m1/s1. The fourth-order valence-corrected chi connectivity index (χ4v) is 9.63. The Bertz CT molecular complexity index is 988. The Labute approximate surface area is 193 Å². The van der Waals surface area contributed by atoms with Crippen molar-refractivity contribution >= 4 is 14.4 Å². The van der Waals surface area contributed by atoms with Gasteiger partial charge in [0, 0.05) is 24.0 Å². The summed E-state index contributed by atoms with van der Waals surface area (Å²) in [4.78, 5) is 13.9. The number of amides is 1. The van der Waals surface area contributed by atoms with E-state index >= 15 is 0 Å². The molecule has 2 heterocycles. The summed E-state index contributed by atoms with van der Waals surface area (Å²) >= 11 is 0. The van der Waals surface area contributed by atoms with Crippen LogP contribution in [0.5, 0.6) is 5.75 Å². The van der Waals surface area contributed by atoms with Gasteiger partial charge in [-0.05, 0) is 97.3 Å². The quantitative estimate of drug-likeness (QED) is 0.617. The molecular weight excluding hydrogens is 416 g/mol. The molecule has 0 radical (unpaired) electrons. The largest absolute Gasteiger partial charge is 0.543 e. The van der Waals surface area contributed by atoms with E-state index in [-0.39, 0.29) is 21.9 Å². The SMILES string of the molecule is CC(C)(C)[Si](C)(C)Oc1ccc2c(c1)[C@]13CCN[C@H](C2)[C@]12CC[C@@H]1[C@H]3[C@@H](CN1C(=O)O)C2. The molecule has 0 unspecified atom stereocenters. The Morgan fingerprint density at radius 3 is 2.78 bits per heavy atom. The first-order valence-electron chi connectivity index (χ1n) is 12.6. The lowest BCUT2D eigenvalue weighted by Crippen LogP contribution is -2.69. The molecule has 1 aromatic rings. The van der Waals surface area contributed by atoms with E-state index in [4.69, 9.17) is 4.43 Å². The molecule has 2 aliphatic heterocycles. The average molecular weight is 455 g/mol. The van der Waals surface area contributed by atoms with Crippen molar-refractivity contribution in [3.63, 3.8) is 0 Å². The van der Waals surface area contributed by atoms with E-state index in [0.717, 1.165) is 44.5 Å². The maximum atomic E-state index is 12.1. The normalized spacial score (nSPS) is 39.5. The third-order valence-electron chi connectivity index (χ3n) is 10.7. The van der Waals surface area contributed by atoms with E-state index in [1.54, 1.807) is 4.90 Å². The summed E-state index contributed by atoms with van der Waals surface area (Å²) in [5, 5.41) is 14.0. The van der Waals surface area contributed by atoms with Crippen molar-refractivity contribution in [2.24, 2.45) is 17.3 Å². The molecule has 4 bridgehead atoms. The van der Waals surface area contributed by atoms with E-state index in [1.165, 1.54) is 17.5 Å². The van der Waals surface area contributed by atoms with Gasteiger partial charge in [0.25, 0.3) is 0 Å². The molecule has 0 aromatic heterocycles. The lowest BCUT2D eigenvalue weighted by Gasteiger charge is -2.64. The Morgan fingerprint density at radius 1 is 1.28 bits per heavy atom.